The molecule has 0 bridgehead atoms. The summed E-state index contributed by atoms with van der Waals surface area (Å²) in [6.45, 7) is 2.12. The maximum absolute atomic E-state index is 9.57. The third-order valence-electron chi connectivity index (χ3n) is 2.51. The first-order valence-electron chi connectivity index (χ1n) is 4.15. The molecule has 0 aromatic heterocycles. The van der Waals surface area contributed by atoms with E-state index in [0.29, 0.717) is 9.67 Å². The number of phenols is 1. The number of alkyl halides is 1. The van der Waals surface area contributed by atoms with Crippen LogP contribution in [-0.2, 0) is 6.42 Å². The maximum atomic E-state index is 9.57. The molecule has 1 atom stereocenters. The maximum Gasteiger partial charge on any atom is 0.119 e. The van der Waals surface area contributed by atoms with E-state index in [2.05, 4.69) is 29.5 Å². The van der Waals surface area contributed by atoms with Crippen LogP contribution in [0, 0.1) is 6.92 Å². The summed E-state index contributed by atoms with van der Waals surface area (Å²) in [6, 6.07) is 3.81. The van der Waals surface area contributed by atoms with Gasteiger partial charge in [-0.05, 0) is 42.5 Å². The topological polar surface area (TPSA) is 20.2 Å². The minimum absolute atomic E-state index is 0.481. The second kappa shape index (κ2) is 2.91. The summed E-state index contributed by atoms with van der Waals surface area (Å²) in [6.07, 6.45) is 2.21. The zero-order chi connectivity index (χ0) is 8.72. The van der Waals surface area contributed by atoms with Crippen LogP contribution in [-0.4, -0.2) is 5.11 Å². The van der Waals surface area contributed by atoms with E-state index in [-0.39, 0.29) is 0 Å². The summed E-state index contributed by atoms with van der Waals surface area (Å²) in [5, 5.41) is 9.57. The smallest absolute Gasteiger partial charge is 0.119 e. The summed E-state index contributed by atoms with van der Waals surface area (Å²) in [7, 11) is 0. The molecule has 0 radical (unpaired) electrons. The van der Waals surface area contributed by atoms with Crippen molar-refractivity contribution in [3.8, 4) is 5.75 Å². The highest BCUT2D eigenvalue weighted by Gasteiger charge is 2.23. The highest BCUT2D eigenvalue weighted by atomic mass is 127. The Bertz CT molecular complexity index is 320. The Labute approximate surface area is 85.9 Å². The minimum Gasteiger partial charge on any atom is -0.508 e. The van der Waals surface area contributed by atoms with Crippen LogP contribution in [0.15, 0.2) is 12.1 Å². The molecule has 0 amide bonds. The average molecular weight is 274 g/mol. The zero-order valence-corrected chi connectivity index (χ0v) is 9.13. The van der Waals surface area contributed by atoms with Gasteiger partial charge in [0, 0.05) is 3.92 Å². The molecule has 1 aromatic carbocycles. The fourth-order valence-corrected chi connectivity index (χ4v) is 3.06. The van der Waals surface area contributed by atoms with Gasteiger partial charge in [0.25, 0.3) is 0 Å². The predicted octanol–water partition coefficient (Wildman–Crippen LogP) is 3.12. The number of benzene rings is 1. The Morgan fingerprint density at radius 1 is 1.50 bits per heavy atom. The molecule has 1 N–H and O–H groups in total. The molecule has 0 saturated carbocycles. The van der Waals surface area contributed by atoms with Crippen LogP contribution in [0.1, 0.15) is 27.0 Å². The number of aromatic hydroxyl groups is 1. The Hall–Kier alpha value is -0.250. The Morgan fingerprint density at radius 2 is 2.25 bits per heavy atom. The first kappa shape index (κ1) is 8.35. The van der Waals surface area contributed by atoms with E-state index in [9.17, 15) is 5.11 Å². The molecule has 2 heteroatoms. The molecular formula is C10H11IO. The van der Waals surface area contributed by atoms with Crippen LogP contribution >= 0.6 is 22.6 Å². The van der Waals surface area contributed by atoms with E-state index in [1.54, 1.807) is 0 Å². The van der Waals surface area contributed by atoms with Crippen molar-refractivity contribution in [2.75, 3.05) is 0 Å². The van der Waals surface area contributed by atoms with E-state index in [0.717, 1.165) is 6.42 Å². The zero-order valence-electron chi connectivity index (χ0n) is 6.97. The van der Waals surface area contributed by atoms with E-state index < -0.39 is 0 Å². The molecule has 12 heavy (non-hydrogen) atoms. The Morgan fingerprint density at radius 3 is 2.92 bits per heavy atom. The lowest BCUT2D eigenvalue weighted by atomic mass is 10.0. The average Bonchev–Trinajstić information content (AvgIpc) is 2.42. The number of hydrogen-bond donors (Lipinski definition) is 1. The van der Waals surface area contributed by atoms with E-state index in [1.807, 2.05) is 12.1 Å². The van der Waals surface area contributed by atoms with Gasteiger partial charge in [-0.2, -0.15) is 0 Å². The molecule has 0 heterocycles. The van der Waals surface area contributed by atoms with Gasteiger partial charge < -0.3 is 5.11 Å². The molecular weight excluding hydrogens is 263 g/mol. The number of phenolic OH excluding ortho intramolecular Hbond substituents is 1. The SMILES string of the molecule is Cc1ccc(O)c2c1C(I)CC2. The largest absolute Gasteiger partial charge is 0.508 e. The number of hydrogen-bond acceptors (Lipinski definition) is 1. The van der Waals surface area contributed by atoms with Crippen LogP contribution in [0.25, 0.3) is 0 Å². The second-order valence-electron chi connectivity index (χ2n) is 3.30. The standard InChI is InChI=1S/C10H11IO/c1-6-2-5-9(12)7-3-4-8(11)10(6)7/h2,5,8,12H,3-4H2,1H3. The lowest BCUT2D eigenvalue weighted by Gasteiger charge is -2.08. The minimum atomic E-state index is 0.481. The van der Waals surface area contributed by atoms with Crippen LogP contribution in [0.5, 0.6) is 5.75 Å². The molecule has 0 aliphatic heterocycles. The van der Waals surface area contributed by atoms with Crippen molar-refractivity contribution in [2.24, 2.45) is 0 Å². The first-order valence-corrected chi connectivity index (χ1v) is 5.40. The van der Waals surface area contributed by atoms with Gasteiger partial charge >= 0.3 is 0 Å². The number of aryl methyl sites for hydroxylation is 1. The van der Waals surface area contributed by atoms with Gasteiger partial charge in [-0.1, -0.05) is 28.7 Å². The summed E-state index contributed by atoms with van der Waals surface area (Å²) in [5.41, 5.74) is 3.87. The van der Waals surface area contributed by atoms with Gasteiger partial charge in [-0.15, -0.1) is 0 Å². The quantitative estimate of drug-likeness (QED) is 0.569. The molecule has 1 aromatic rings. The van der Waals surface area contributed by atoms with Crippen molar-refractivity contribution < 1.29 is 5.11 Å². The van der Waals surface area contributed by atoms with Crippen LogP contribution < -0.4 is 0 Å². The predicted molar refractivity (Wildman–Crippen MR) is 57.9 cm³/mol. The molecule has 0 fully saturated rings. The van der Waals surface area contributed by atoms with Gasteiger partial charge in [-0.25, -0.2) is 0 Å². The van der Waals surface area contributed by atoms with Gasteiger partial charge in [-0.3, -0.25) is 0 Å². The molecule has 0 spiro atoms. The van der Waals surface area contributed by atoms with Crippen molar-refractivity contribution in [3.05, 3.63) is 28.8 Å². The normalized spacial score (nSPS) is 21.0. The molecule has 1 aliphatic rings. The van der Waals surface area contributed by atoms with E-state index >= 15 is 0 Å². The summed E-state index contributed by atoms with van der Waals surface area (Å²) < 4.78 is 0.602. The van der Waals surface area contributed by atoms with Crippen LogP contribution in [0.3, 0.4) is 0 Å². The molecule has 1 aliphatic carbocycles. The summed E-state index contributed by atoms with van der Waals surface area (Å²) in [4.78, 5) is 0. The Kier molecular flexibility index (Phi) is 2.02. The lowest BCUT2D eigenvalue weighted by molar-refractivity contribution is 0.469. The van der Waals surface area contributed by atoms with Crippen LogP contribution in [0.4, 0.5) is 0 Å². The van der Waals surface area contributed by atoms with Crippen molar-refractivity contribution in [1.82, 2.24) is 0 Å². The first-order chi connectivity index (χ1) is 5.70. The van der Waals surface area contributed by atoms with Gasteiger partial charge in [0.1, 0.15) is 5.75 Å². The number of fused-ring (bicyclic) bond motifs is 1. The second-order valence-corrected chi connectivity index (χ2v) is 4.80. The molecule has 0 saturated heterocycles. The fourth-order valence-electron chi connectivity index (χ4n) is 1.88. The van der Waals surface area contributed by atoms with E-state index in [1.165, 1.54) is 23.1 Å². The summed E-state index contributed by atoms with van der Waals surface area (Å²) >= 11 is 2.45. The lowest BCUT2D eigenvalue weighted by Crippen LogP contribution is -1.88. The van der Waals surface area contributed by atoms with Gasteiger partial charge in [0.2, 0.25) is 0 Å². The molecule has 64 valence electrons. The van der Waals surface area contributed by atoms with Gasteiger partial charge in [0.05, 0.1) is 0 Å². The molecule has 1 unspecified atom stereocenters. The van der Waals surface area contributed by atoms with E-state index in [4.69, 9.17) is 0 Å². The number of halogens is 1. The summed E-state index contributed by atoms with van der Waals surface area (Å²) in [5.74, 6) is 0.481. The van der Waals surface area contributed by atoms with Gasteiger partial charge in [0.15, 0.2) is 0 Å². The van der Waals surface area contributed by atoms with Crippen molar-refractivity contribution in [1.29, 1.82) is 0 Å². The highest BCUT2D eigenvalue weighted by molar-refractivity contribution is 14.1. The Balaban J connectivity index is 2.64. The fraction of sp³-hybridized carbons (Fsp3) is 0.400. The number of rotatable bonds is 0. The van der Waals surface area contributed by atoms with Crippen molar-refractivity contribution in [3.63, 3.8) is 0 Å². The van der Waals surface area contributed by atoms with Crippen molar-refractivity contribution in [2.45, 2.75) is 23.7 Å². The molecule has 1 nitrogen and oxygen atoms in total. The third-order valence-corrected chi connectivity index (χ3v) is 3.76. The monoisotopic (exact) mass is 274 g/mol. The van der Waals surface area contributed by atoms with Crippen molar-refractivity contribution >= 4 is 22.6 Å². The highest BCUT2D eigenvalue weighted by Crippen LogP contribution is 2.43. The molecule has 2 rings (SSSR count). The van der Waals surface area contributed by atoms with Crippen LogP contribution in [0.2, 0.25) is 0 Å². The third kappa shape index (κ3) is 1.13.